The van der Waals surface area contributed by atoms with Crippen molar-refractivity contribution in [3.8, 4) is 0 Å². The molecular weight excluding hydrogens is 180 g/mol. The van der Waals surface area contributed by atoms with E-state index in [1.165, 1.54) is 0 Å². The molecular formula is C9H22N4O. The highest BCUT2D eigenvalue weighted by molar-refractivity contribution is 5.79. The fraction of sp³-hybridized carbons (Fsp3) is 0.889. The third-order valence-electron chi connectivity index (χ3n) is 2.01. The fourth-order valence-electron chi connectivity index (χ4n) is 0.897. The zero-order chi connectivity index (χ0) is 11.0. The van der Waals surface area contributed by atoms with Crippen LogP contribution in [-0.4, -0.2) is 44.2 Å². The molecule has 14 heavy (non-hydrogen) atoms. The topological polar surface area (TPSA) is 62.9 Å². The Kier molecular flexibility index (Phi) is 7.14. The predicted molar refractivity (Wildman–Crippen MR) is 59.0 cm³/mol. The minimum Gasteiger partial charge on any atom is -0.385 e. The maximum absolute atomic E-state index is 5.37. The van der Waals surface area contributed by atoms with Crippen molar-refractivity contribution >= 4 is 5.96 Å². The summed E-state index contributed by atoms with van der Waals surface area (Å²) in [5, 5.41) is 0. The van der Waals surface area contributed by atoms with E-state index in [9.17, 15) is 0 Å². The predicted octanol–water partition coefficient (Wildman–Crippen LogP) is 0.182. The number of nitrogens with two attached hydrogens (primary N) is 1. The number of methoxy groups -OCH3 is 1. The molecule has 0 aliphatic heterocycles. The zero-order valence-corrected chi connectivity index (χ0v) is 9.58. The van der Waals surface area contributed by atoms with Gasteiger partial charge in [0.25, 0.3) is 0 Å². The number of rotatable bonds is 5. The smallest absolute Gasteiger partial charge is 0.208 e. The summed E-state index contributed by atoms with van der Waals surface area (Å²) >= 11 is 0. The average molecular weight is 202 g/mol. The van der Waals surface area contributed by atoms with Crippen molar-refractivity contribution in [2.24, 2.45) is 10.8 Å². The van der Waals surface area contributed by atoms with E-state index in [0.29, 0.717) is 6.04 Å². The quantitative estimate of drug-likeness (QED) is 0.219. The van der Waals surface area contributed by atoms with Crippen molar-refractivity contribution in [2.75, 3.05) is 27.3 Å². The van der Waals surface area contributed by atoms with Crippen LogP contribution in [-0.2, 0) is 4.74 Å². The molecule has 0 atom stereocenters. The van der Waals surface area contributed by atoms with Gasteiger partial charge in [0.2, 0.25) is 5.96 Å². The Morgan fingerprint density at radius 3 is 2.64 bits per heavy atom. The van der Waals surface area contributed by atoms with Gasteiger partial charge in [0.15, 0.2) is 0 Å². The van der Waals surface area contributed by atoms with Crippen LogP contribution in [0.1, 0.15) is 20.3 Å². The number of nitrogens with zero attached hydrogens (tertiary/aromatic N) is 2. The van der Waals surface area contributed by atoms with Crippen molar-refractivity contribution in [1.82, 2.24) is 10.3 Å². The molecule has 0 amide bonds. The van der Waals surface area contributed by atoms with Crippen LogP contribution < -0.4 is 11.3 Å². The van der Waals surface area contributed by atoms with Crippen LogP contribution in [0.3, 0.4) is 0 Å². The normalized spacial score (nSPS) is 12.0. The van der Waals surface area contributed by atoms with Crippen LogP contribution >= 0.6 is 0 Å². The minimum absolute atomic E-state index is 0.382. The molecule has 5 nitrogen and oxygen atoms in total. The number of aliphatic imine (C=N–C) groups is 1. The average Bonchev–Trinajstić information content (AvgIpc) is 2.17. The number of hydrogen-bond donors (Lipinski definition) is 2. The summed E-state index contributed by atoms with van der Waals surface area (Å²) in [5.41, 5.74) is 2.60. The monoisotopic (exact) mass is 202 g/mol. The molecule has 0 aliphatic carbocycles. The third-order valence-corrected chi connectivity index (χ3v) is 2.01. The molecule has 0 saturated carbocycles. The lowest BCUT2D eigenvalue weighted by atomic mass is 10.3. The van der Waals surface area contributed by atoms with Gasteiger partial charge in [-0.25, -0.2) is 5.84 Å². The lowest BCUT2D eigenvalue weighted by molar-refractivity contribution is 0.197. The van der Waals surface area contributed by atoms with Gasteiger partial charge in [0.05, 0.1) is 0 Å². The van der Waals surface area contributed by atoms with Gasteiger partial charge in [-0.2, -0.15) is 0 Å². The Morgan fingerprint density at radius 2 is 2.21 bits per heavy atom. The van der Waals surface area contributed by atoms with Crippen molar-refractivity contribution in [3.05, 3.63) is 0 Å². The third kappa shape index (κ3) is 5.04. The minimum atomic E-state index is 0.382. The molecule has 0 spiro atoms. The summed E-state index contributed by atoms with van der Waals surface area (Å²) in [5.74, 6) is 6.09. The van der Waals surface area contributed by atoms with E-state index in [2.05, 4.69) is 24.3 Å². The highest BCUT2D eigenvalue weighted by Gasteiger charge is 2.07. The van der Waals surface area contributed by atoms with E-state index in [0.717, 1.165) is 25.5 Å². The second-order valence-electron chi connectivity index (χ2n) is 3.40. The van der Waals surface area contributed by atoms with Crippen LogP contribution in [0.15, 0.2) is 4.99 Å². The number of hydrogen-bond acceptors (Lipinski definition) is 3. The number of guanidine groups is 1. The summed E-state index contributed by atoms with van der Waals surface area (Å²) in [6.45, 7) is 5.63. The molecule has 0 aromatic rings. The van der Waals surface area contributed by atoms with E-state index in [1.54, 1.807) is 7.11 Å². The van der Waals surface area contributed by atoms with E-state index >= 15 is 0 Å². The molecule has 84 valence electrons. The van der Waals surface area contributed by atoms with Crippen LogP contribution in [0.25, 0.3) is 0 Å². The molecule has 0 aromatic heterocycles. The van der Waals surface area contributed by atoms with Crippen molar-refractivity contribution in [3.63, 3.8) is 0 Å². The Bertz CT molecular complexity index is 170. The van der Waals surface area contributed by atoms with Crippen LogP contribution in [0.5, 0.6) is 0 Å². The van der Waals surface area contributed by atoms with Crippen LogP contribution in [0.2, 0.25) is 0 Å². The summed E-state index contributed by atoms with van der Waals surface area (Å²) in [7, 11) is 3.64. The van der Waals surface area contributed by atoms with Crippen LogP contribution in [0, 0.1) is 0 Å². The molecule has 0 aromatic carbocycles. The summed E-state index contributed by atoms with van der Waals surface area (Å²) in [6, 6.07) is 0.382. The van der Waals surface area contributed by atoms with Crippen molar-refractivity contribution in [1.29, 1.82) is 0 Å². The van der Waals surface area contributed by atoms with Gasteiger partial charge in [-0.3, -0.25) is 10.4 Å². The first kappa shape index (κ1) is 13.2. The van der Waals surface area contributed by atoms with Gasteiger partial charge in [-0.05, 0) is 20.3 Å². The molecule has 0 fully saturated rings. The lowest BCUT2D eigenvalue weighted by Gasteiger charge is -2.24. The molecule has 0 radical (unpaired) electrons. The van der Waals surface area contributed by atoms with Crippen molar-refractivity contribution < 1.29 is 4.74 Å². The van der Waals surface area contributed by atoms with Gasteiger partial charge in [0, 0.05) is 33.4 Å². The SMILES string of the molecule is COCCCN=C(NN)N(C)C(C)C. The van der Waals surface area contributed by atoms with E-state index in [1.807, 2.05) is 11.9 Å². The largest absolute Gasteiger partial charge is 0.385 e. The maximum atomic E-state index is 5.37. The van der Waals surface area contributed by atoms with Gasteiger partial charge >= 0.3 is 0 Å². The summed E-state index contributed by atoms with van der Waals surface area (Å²) in [6.07, 6.45) is 0.910. The first-order valence-electron chi connectivity index (χ1n) is 4.86. The molecule has 0 bridgehead atoms. The van der Waals surface area contributed by atoms with E-state index in [-0.39, 0.29) is 0 Å². The van der Waals surface area contributed by atoms with Crippen LogP contribution in [0.4, 0.5) is 0 Å². The number of hydrazine groups is 1. The molecule has 5 heteroatoms. The first-order chi connectivity index (χ1) is 6.63. The molecule has 0 aliphatic rings. The molecule has 0 rings (SSSR count). The van der Waals surface area contributed by atoms with E-state index in [4.69, 9.17) is 10.6 Å². The number of ether oxygens (including phenoxy) is 1. The summed E-state index contributed by atoms with van der Waals surface area (Å²) < 4.78 is 4.93. The second kappa shape index (κ2) is 7.58. The standard InChI is InChI=1S/C9H22N4O/c1-8(2)13(3)9(12-10)11-6-5-7-14-4/h8H,5-7,10H2,1-4H3,(H,11,12). The number of nitrogens with one attached hydrogen (secondary N) is 1. The van der Waals surface area contributed by atoms with Gasteiger partial charge < -0.3 is 9.64 Å². The molecule has 0 heterocycles. The Balaban J connectivity index is 3.98. The highest BCUT2D eigenvalue weighted by Crippen LogP contribution is 1.94. The lowest BCUT2D eigenvalue weighted by Crippen LogP contribution is -2.45. The Labute approximate surface area is 86.3 Å². The molecule has 3 N–H and O–H groups in total. The highest BCUT2D eigenvalue weighted by atomic mass is 16.5. The molecule has 0 saturated heterocycles. The Hall–Kier alpha value is -0.810. The van der Waals surface area contributed by atoms with E-state index < -0.39 is 0 Å². The molecule has 0 unspecified atom stereocenters. The fourth-order valence-corrected chi connectivity index (χ4v) is 0.897. The zero-order valence-electron chi connectivity index (χ0n) is 9.58. The maximum Gasteiger partial charge on any atom is 0.208 e. The van der Waals surface area contributed by atoms with Crippen molar-refractivity contribution in [2.45, 2.75) is 26.3 Å². The van der Waals surface area contributed by atoms with Gasteiger partial charge in [-0.15, -0.1) is 0 Å². The summed E-state index contributed by atoms with van der Waals surface area (Å²) in [4.78, 5) is 6.32. The van der Waals surface area contributed by atoms with Gasteiger partial charge in [-0.1, -0.05) is 0 Å². The van der Waals surface area contributed by atoms with Gasteiger partial charge in [0.1, 0.15) is 0 Å². The second-order valence-corrected chi connectivity index (χ2v) is 3.40. The first-order valence-corrected chi connectivity index (χ1v) is 4.86. The Morgan fingerprint density at radius 1 is 1.57 bits per heavy atom.